The first kappa shape index (κ1) is 9.28. The van der Waals surface area contributed by atoms with Crippen LogP contribution < -0.4 is 0 Å². The van der Waals surface area contributed by atoms with E-state index in [9.17, 15) is 4.79 Å². The maximum Gasteiger partial charge on any atom is 0.179 e. The van der Waals surface area contributed by atoms with Gasteiger partial charge in [0.1, 0.15) is 5.69 Å². The summed E-state index contributed by atoms with van der Waals surface area (Å²) in [5.74, 6) is -0.117. The topological polar surface area (TPSA) is 66.6 Å². The third-order valence-electron chi connectivity index (χ3n) is 2.03. The molecule has 0 fully saturated rings. The van der Waals surface area contributed by atoms with E-state index in [0.29, 0.717) is 22.3 Å². The summed E-state index contributed by atoms with van der Waals surface area (Å²) < 4.78 is 0. The van der Waals surface area contributed by atoms with Crippen LogP contribution in [-0.2, 0) is 0 Å². The summed E-state index contributed by atoms with van der Waals surface area (Å²) in [6, 6.07) is 7.01. The number of hydrogen-bond acceptors (Lipinski definition) is 4. The molecule has 4 nitrogen and oxygen atoms in total. The van der Waals surface area contributed by atoms with Crippen LogP contribution in [0.2, 0.25) is 0 Å². The van der Waals surface area contributed by atoms with Crippen LogP contribution >= 0.6 is 0 Å². The lowest BCUT2D eigenvalue weighted by atomic mass is 10.2. The Hall–Kier alpha value is -2.28. The molecule has 1 aromatic carbocycles. The molecule has 0 atom stereocenters. The minimum Gasteiger partial charge on any atom is -0.293 e. The fourth-order valence-corrected chi connectivity index (χ4v) is 1.25. The van der Waals surface area contributed by atoms with Crippen molar-refractivity contribution in [2.75, 3.05) is 0 Å². The van der Waals surface area contributed by atoms with Gasteiger partial charge in [-0.05, 0) is 18.2 Å². The Morgan fingerprint density at radius 1 is 1.40 bits per heavy atom. The molecule has 0 aliphatic heterocycles. The van der Waals surface area contributed by atoms with Gasteiger partial charge in [-0.2, -0.15) is 5.26 Å². The zero-order valence-electron chi connectivity index (χ0n) is 8.06. The van der Waals surface area contributed by atoms with Crippen molar-refractivity contribution in [1.82, 2.24) is 9.97 Å². The highest BCUT2D eigenvalue weighted by molar-refractivity contribution is 5.93. The Bertz CT molecular complexity index is 584. The van der Waals surface area contributed by atoms with Crippen LogP contribution in [0.1, 0.15) is 23.0 Å². The normalized spacial score (nSPS) is 9.87. The molecule has 15 heavy (non-hydrogen) atoms. The van der Waals surface area contributed by atoms with Gasteiger partial charge >= 0.3 is 0 Å². The molecule has 0 amide bonds. The van der Waals surface area contributed by atoms with E-state index in [-0.39, 0.29) is 5.78 Å². The van der Waals surface area contributed by atoms with E-state index in [1.807, 2.05) is 6.07 Å². The van der Waals surface area contributed by atoms with E-state index >= 15 is 0 Å². The Labute approximate surface area is 86.2 Å². The van der Waals surface area contributed by atoms with Gasteiger partial charge in [-0.1, -0.05) is 0 Å². The zero-order valence-corrected chi connectivity index (χ0v) is 8.06. The maximum atomic E-state index is 11.1. The predicted octanol–water partition coefficient (Wildman–Crippen LogP) is 1.70. The van der Waals surface area contributed by atoms with Crippen molar-refractivity contribution in [3.8, 4) is 6.07 Å². The molecule has 0 saturated carbocycles. The van der Waals surface area contributed by atoms with Gasteiger partial charge in [-0.3, -0.25) is 9.78 Å². The highest BCUT2D eigenvalue weighted by Gasteiger charge is 2.04. The van der Waals surface area contributed by atoms with Crippen molar-refractivity contribution in [3.05, 3.63) is 35.7 Å². The van der Waals surface area contributed by atoms with Crippen molar-refractivity contribution in [1.29, 1.82) is 5.26 Å². The summed E-state index contributed by atoms with van der Waals surface area (Å²) in [4.78, 5) is 19.3. The average molecular weight is 197 g/mol. The monoisotopic (exact) mass is 197 g/mol. The second-order valence-electron chi connectivity index (χ2n) is 3.13. The molecule has 0 radical (unpaired) electrons. The quantitative estimate of drug-likeness (QED) is 0.652. The number of carbonyl (C=O) groups excluding carboxylic acids is 1. The van der Waals surface area contributed by atoms with Crippen molar-refractivity contribution in [3.63, 3.8) is 0 Å². The molecular formula is C11H7N3O. The van der Waals surface area contributed by atoms with E-state index in [4.69, 9.17) is 5.26 Å². The lowest BCUT2D eigenvalue weighted by Crippen LogP contribution is -1.98. The van der Waals surface area contributed by atoms with Crippen LogP contribution in [0.5, 0.6) is 0 Å². The molecule has 0 unspecified atom stereocenters. The Kier molecular flexibility index (Phi) is 2.14. The summed E-state index contributed by atoms with van der Waals surface area (Å²) in [7, 11) is 0. The van der Waals surface area contributed by atoms with Gasteiger partial charge in [-0.25, -0.2) is 4.98 Å². The third kappa shape index (κ3) is 1.67. The number of benzene rings is 1. The number of hydrogen-bond donors (Lipinski definition) is 0. The van der Waals surface area contributed by atoms with Crippen molar-refractivity contribution in [2.45, 2.75) is 6.92 Å². The molecule has 0 aliphatic carbocycles. The predicted molar refractivity (Wildman–Crippen MR) is 54.3 cm³/mol. The fourth-order valence-electron chi connectivity index (χ4n) is 1.25. The lowest BCUT2D eigenvalue weighted by Gasteiger charge is -1.98. The molecule has 2 rings (SSSR count). The fraction of sp³-hybridized carbons (Fsp3) is 0.0909. The van der Waals surface area contributed by atoms with Crippen LogP contribution in [0, 0.1) is 11.3 Å². The SMILES string of the molecule is CC(=O)c1cnc2cc(C#N)ccc2n1. The van der Waals surface area contributed by atoms with Gasteiger partial charge in [0.25, 0.3) is 0 Å². The van der Waals surface area contributed by atoms with Gasteiger partial charge in [-0.15, -0.1) is 0 Å². The molecule has 0 N–H and O–H groups in total. The van der Waals surface area contributed by atoms with Crippen LogP contribution in [-0.4, -0.2) is 15.8 Å². The second-order valence-corrected chi connectivity index (χ2v) is 3.13. The number of Topliss-reactive ketones (excluding diaryl/α,β-unsaturated/α-hetero) is 1. The van der Waals surface area contributed by atoms with Gasteiger partial charge in [0.15, 0.2) is 5.78 Å². The number of ketones is 1. The number of carbonyl (C=O) groups is 1. The third-order valence-corrected chi connectivity index (χ3v) is 2.03. The highest BCUT2D eigenvalue weighted by Crippen LogP contribution is 2.11. The largest absolute Gasteiger partial charge is 0.293 e. The summed E-state index contributed by atoms with van der Waals surface area (Å²) in [6.45, 7) is 1.44. The molecule has 4 heteroatoms. The summed E-state index contributed by atoms with van der Waals surface area (Å²) in [6.07, 6.45) is 1.42. The number of aromatic nitrogens is 2. The molecule has 0 aliphatic rings. The standard InChI is InChI=1S/C11H7N3O/c1-7(15)11-6-13-10-4-8(5-12)2-3-9(10)14-11/h2-4,6H,1H3. The summed E-state index contributed by atoms with van der Waals surface area (Å²) in [5.41, 5.74) is 2.13. The van der Waals surface area contributed by atoms with Gasteiger partial charge in [0, 0.05) is 6.92 Å². The second kappa shape index (κ2) is 3.46. The number of nitrogens with zero attached hydrogens (tertiary/aromatic N) is 3. The number of rotatable bonds is 1. The Balaban J connectivity index is 2.66. The van der Waals surface area contributed by atoms with Crippen LogP contribution in [0.15, 0.2) is 24.4 Å². The minimum atomic E-state index is -0.117. The molecule has 1 aromatic heterocycles. The summed E-state index contributed by atoms with van der Waals surface area (Å²) >= 11 is 0. The smallest absolute Gasteiger partial charge is 0.179 e. The van der Waals surface area contributed by atoms with E-state index in [1.54, 1.807) is 18.2 Å². The maximum absolute atomic E-state index is 11.1. The van der Waals surface area contributed by atoms with Gasteiger partial charge in [0.05, 0.1) is 28.9 Å². The molecule has 0 spiro atoms. The molecule has 1 heterocycles. The van der Waals surface area contributed by atoms with E-state index in [1.165, 1.54) is 13.1 Å². The van der Waals surface area contributed by atoms with Gasteiger partial charge < -0.3 is 0 Å². The first-order valence-electron chi connectivity index (χ1n) is 4.38. The Morgan fingerprint density at radius 2 is 2.20 bits per heavy atom. The van der Waals surface area contributed by atoms with Crippen molar-refractivity contribution < 1.29 is 4.79 Å². The van der Waals surface area contributed by atoms with Crippen LogP contribution in [0.25, 0.3) is 11.0 Å². The average Bonchev–Trinajstić information content (AvgIpc) is 2.27. The van der Waals surface area contributed by atoms with E-state index in [2.05, 4.69) is 9.97 Å². The van der Waals surface area contributed by atoms with Gasteiger partial charge in [0.2, 0.25) is 0 Å². The Morgan fingerprint density at radius 3 is 2.87 bits per heavy atom. The molecule has 0 bridgehead atoms. The van der Waals surface area contributed by atoms with Crippen LogP contribution in [0.3, 0.4) is 0 Å². The van der Waals surface area contributed by atoms with E-state index < -0.39 is 0 Å². The first-order valence-corrected chi connectivity index (χ1v) is 4.38. The van der Waals surface area contributed by atoms with E-state index in [0.717, 1.165) is 0 Å². The van der Waals surface area contributed by atoms with Crippen LogP contribution in [0.4, 0.5) is 0 Å². The lowest BCUT2D eigenvalue weighted by molar-refractivity contribution is 0.101. The molecule has 0 saturated heterocycles. The zero-order chi connectivity index (χ0) is 10.8. The summed E-state index contributed by atoms with van der Waals surface area (Å²) in [5, 5.41) is 8.69. The van der Waals surface area contributed by atoms with Crippen molar-refractivity contribution in [2.24, 2.45) is 0 Å². The highest BCUT2D eigenvalue weighted by atomic mass is 16.1. The molecule has 72 valence electrons. The number of nitriles is 1. The first-order chi connectivity index (χ1) is 7.20. The van der Waals surface area contributed by atoms with Crippen molar-refractivity contribution >= 4 is 16.8 Å². The minimum absolute atomic E-state index is 0.117. The number of fused-ring (bicyclic) bond motifs is 1. The molecular weight excluding hydrogens is 190 g/mol. The molecule has 2 aromatic rings.